The molecule has 1 aromatic heterocycles. The number of hydrogen-bond donors (Lipinski definition) is 2. The highest BCUT2D eigenvalue weighted by atomic mass is 15.2. The fourth-order valence-corrected chi connectivity index (χ4v) is 4.52. The van der Waals surface area contributed by atoms with Gasteiger partial charge in [-0.25, -0.2) is 4.98 Å². The smallest absolute Gasteiger partial charge is 0.229 e. The molecule has 28 heavy (non-hydrogen) atoms. The molecule has 0 spiro atoms. The van der Waals surface area contributed by atoms with Crippen molar-refractivity contribution in [3.63, 3.8) is 0 Å². The lowest BCUT2D eigenvalue weighted by Gasteiger charge is -2.44. The number of hydrogen-bond acceptors (Lipinski definition) is 6. The highest BCUT2D eigenvalue weighted by molar-refractivity contribution is 5.58. The van der Waals surface area contributed by atoms with Crippen molar-refractivity contribution < 1.29 is 0 Å². The van der Waals surface area contributed by atoms with Crippen LogP contribution in [0.2, 0.25) is 0 Å². The average Bonchev–Trinajstić information content (AvgIpc) is 2.74. The lowest BCUT2D eigenvalue weighted by Crippen LogP contribution is -2.49. The van der Waals surface area contributed by atoms with Crippen LogP contribution in [0, 0.1) is 24.2 Å². The Morgan fingerprint density at radius 3 is 3.00 bits per heavy atom. The van der Waals surface area contributed by atoms with E-state index in [0.717, 1.165) is 29.7 Å². The van der Waals surface area contributed by atoms with Crippen LogP contribution in [0.25, 0.3) is 0 Å². The number of anilines is 3. The number of aryl methyl sites for hydroxylation is 1. The maximum absolute atomic E-state index is 9.06. The van der Waals surface area contributed by atoms with Crippen LogP contribution in [0.4, 0.5) is 17.5 Å². The van der Waals surface area contributed by atoms with Gasteiger partial charge in [-0.05, 0) is 69.8 Å². The molecule has 0 bridgehead atoms. The predicted octanol–water partition coefficient (Wildman–Crippen LogP) is 4.08. The van der Waals surface area contributed by atoms with Gasteiger partial charge in [0.1, 0.15) is 5.82 Å². The summed E-state index contributed by atoms with van der Waals surface area (Å²) in [7, 11) is 0. The number of nitrogens with zero attached hydrogens (tertiary/aromatic N) is 4. The molecule has 2 aliphatic rings. The molecule has 0 amide bonds. The van der Waals surface area contributed by atoms with Crippen molar-refractivity contribution in [2.75, 3.05) is 30.3 Å². The quantitative estimate of drug-likeness (QED) is 0.819. The van der Waals surface area contributed by atoms with Gasteiger partial charge in [0.15, 0.2) is 0 Å². The van der Waals surface area contributed by atoms with Crippen LogP contribution in [0.1, 0.15) is 43.2 Å². The third kappa shape index (κ3) is 4.26. The van der Waals surface area contributed by atoms with E-state index in [-0.39, 0.29) is 0 Å². The Kier molecular flexibility index (Phi) is 5.73. The van der Waals surface area contributed by atoms with Crippen molar-refractivity contribution in [3.8, 4) is 6.07 Å². The third-order valence-electron chi connectivity index (χ3n) is 5.98. The Hall–Kier alpha value is -2.65. The normalized spacial score (nSPS) is 22.1. The van der Waals surface area contributed by atoms with Gasteiger partial charge in [-0.3, -0.25) is 0 Å². The highest BCUT2D eigenvalue weighted by Crippen LogP contribution is 2.31. The number of aromatic nitrogens is 2. The predicted molar refractivity (Wildman–Crippen MR) is 112 cm³/mol. The fourth-order valence-electron chi connectivity index (χ4n) is 4.52. The Labute approximate surface area is 167 Å². The molecule has 0 saturated carbocycles. The first-order valence-corrected chi connectivity index (χ1v) is 10.3. The molecule has 0 unspecified atom stereocenters. The minimum absolute atomic E-state index is 0.547. The minimum Gasteiger partial charge on any atom is -0.369 e. The van der Waals surface area contributed by atoms with Crippen LogP contribution >= 0.6 is 0 Å². The minimum atomic E-state index is 0.547. The standard InChI is InChI=1S/C22H28N6/c1-16-14-25-22(26-19-8-4-6-17(12-19)13-23)27-21(16)24-15-18-7-5-11-28-10-3-2-9-20(18)28/h4,6,8,12,14,18,20H,2-3,5,7,9-11,15H2,1H3,(H2,24,25,26,27)/t18-,20+/m0/s1. The number of benzene rings is 1. The summed E-state index contributed by atoms with van der Waals surface area (Å²) in [6.07, 6.45) is 8.48. The summed E-state index contributed by atoms with van der Waals surface area (Å²) in [4.78, 5) is 11.8. The van der Waals surface area contributed by atoms with E-state index in [1.165, 1.54) is 45.2 Å². The van der Waals surface area contributed by atoms with E-state index < -0.39 is 0 Å². The maximum atomic E-state index is 9.06. The van der Waals surface area contributed by atoms with Gasteiger partial charge in [-0.1, -0.05) is 12.5 Å². The summed E-state index contributed by atoms with van der Waals surface area (Å²) in [5.74, 6) is 2.13. The molecule has 4 rings (SSSR count). The van der Waals surface area contributed by atoms with Gasteiger partial charge in [-0.2, -0.15) is 10.2 Å². The molecule has 2 aliphatic heterocycles. The van der Waals surface area contributed by atoms with E-state index in [1.807, 2.05) is 25.3 Å². The van der Waals surface area contributed by atoms with Crippen LogP contribution in [-0.2, 0) is 0 Å². The van der Waals surface area contributed by atoms with Gasteiger partial charge in [-0.15, -0.1) is 0 Å². The van der Waals surface area contributed by atoms with Crippen molar-refractivity contribution in [2.45, 2.75) is 45.1 Å². The molecule has 6 nitrogen and oxygen atoms in total. The number of fused-ring (bicyclic) bond motifs is 1. The summed E-state index contributed by atoms with van der Waals surface area (Å²) in [6.45, 7) is 5.53. The first-order chi connectivity index (χ1) is 13.7. The van der Waals surface area contributed by atoms with Gasteiger partial charge in [0, 0.05) is 30.0 Å². The Bertz CT molecular complexity index is 856. The van der Waals surface area contributed by atoms with Gasteiger partial charge >= 0.3 is 0 Å². The Morgan fingerprint density at radius 1 is 1.21 bits per heavy atom. The maximum Gasteiger partial charge on any atom is 0.229 e. The first-order valence-electron chi connectivity index (χ1n) is 10.3. The van der Waals surface area contributed by atoms with E-state index in [1.54, 1.807) is 12.1 Å². The molecule has 2 saturated heterocycles. The number of rotatable bonds is 5. The molecule has 2 fully saturated rings. The van der Waals surface area contributed by atoms with Crippen LogP contribution in [0.15, 0.2) is 30.5 Å². The molecule has 146 valence electrons. The zero-order chi connectivity index (χ0) is 19.3. The van der Waals surface area contributed by atoms with Gasteiger partial charge in [0.2, 0.25) is 5.95 Å². The largest absolute Gasteiger partial charge is 0.369 e. The molecule has 2 atom stereocenters. The van der Waals surface area contributed by atoms with E-state index in [2.05, 4.69) is 31.6 Å². The van der Waals surface area contributed by atoms with Gasteiger partial charge < -0.3 is 15.5 Å². The van der Waals surface area contributed by atoms with Crippen molar-refractivity contribution >= 4 is 17.5 Å². The van der Waals surface area contributed by atoms with E-state index in [4.69, 9.17) is 5.26 Å². The average molecular weight is 377 g/mol. The summed E-state index contributed by atoms with van der Waals surface area (Å²) >= 11 is 0. The molecule has 3 heterocycles. The van der Waals surface area contributed by atoms with Crippen LogP contribution in [0.5, 0.6) is 0 Å². The molecule has 2 aromatic rings. The van der Waals surface area contributed by atoms with Crippen molar-refractivity contribution in [2.24, 2.45) is 5.92 Å². The first kappa shape index (κ1) is 18.7. The molecular weight excluding hydrogens is 348 g/mol. The second kappa shape index (κ2) is 8.57. The Balaban J connectivity index is 1.43. The lowest BCUT2D eigenvalue weighted by molar-refractivity contribution is 0.0649. The summed E-state index contributed by atoms with van der Waals surface area (Å²) in [6, 6.07) is 10.2. The molecule has 2 N–H and O–H groups in total. The third-order valence-corrected chi connectivity index (χ3v) is 5.98. The fraction of sp³-hybridized carbons (Fsp3) is 0.500. The topological polar surface area (TPSA) is 76.9 Å². The zero-order valence-electron chi connectivity index (χ0n) is 16.5. The molecule has 0 radical (unpaired) electrons. The van der Waals surface area contributed by atoms with Gasteiger partial charge in [0.05, 0.1) is 11.6 Å². The monoisotopic (exact) mass is 376 g/mol. The molecule has 1 aromatic carbocycles. The van der Waals surface area contributed by atoms with Crippen LogP contribution in [0.3, 0.4) is 0 Å². The van der Waals surface area contributed by atoms with E-state index in [0.29, 0.717) is 17.4 Å². The summed E-state index contributed by atoms with van der Waals surface area (Å²) in [5.41, 5.74) is 2.48. The number of nitrogens with one attached hydrogen (secondary N) is 2. The molecule has 0 aliphatic carbocycles. The van der Waals surface area contributed by atoms with Crippen LogP contribution in [-0.4, -0.2) is 40.5 Å². The van der Waals surface area contributed by atoms with Crippen molar-refractivity contribution in [1.29, 1.82) is 5.26 Å². The molecular formula is C22H28N6. The lowest BCUT2D eigenvalue weighted by atomic mass is 9.83. The SMILES string of the molecule is Cc1cnc(Nc2cccc(C#N)c2)nc1NC[C@@H]1CCCN2CCCC[C@H]12. The van der Waals surface area contributed by atoms with Crippen molar-refractivity contribution in [3.05, 3.63) is 41.6 Å². The highest BCUT2D eigenvalue weighted by Gasteiger charge is 2.32. The second-order valence-electron chi connectivity index (χ2n) is 7.93. The zero-order valence-corrected chi connectivity index (χ0v) is 16.5. The van der Waals surface area contributed by atoms with Gasteiger partial charge in [0.25, 0.3) is 0 Å². The summed E-state index contributed by atoms with van der Waals surface area (Å²) < 4.78 is 0. The second-order valence-corrected chi connectivity index (χ2v) is 7.93. The number of piperidine rings is 2. The van der Waals surface area contributed by atoms with Crippen molar-refractivity contribution in [1.82, 2.24) is 14.9 Å². The number of nitriles is 1. The summed E-state index contributed by atoms with van der Waals surface area (Å²) in [5, 5.41) is 15.9. The van der Waals surface area contributed by atoms with E-state index >= 15 is 0 Å². The molecule has 6 heteroatoms. The Morgan fingerprint density at radius 2 is 2.11 bits per heavy atom. The van der Waals surface area contributed by atoms with E-state index in [9.17, 15) is 0 Å². The van der Waals surface area contributed by atoms with Crippen LogP contribution < -0.4 is 10.6 Å².